The fraction of sp³-hybridized carbons (Fsp3) is 0.143. The third kappa shape index (κ3) is 3.11. The van der Waals surface area contributed by atoms with E-state index >= 15 is 0 Å². The largest absolute Gasteiger partial charge is 0.107 e. The summed E-state index contributed by atoms with van der Waals surface area (Å²) in [6, 6.07) is 16.4. The Morgan fingerprint density at radius 2 is 1.05 bits per heavy atom. The number of hydrogen-bond acceptors (Lipinski definition) is 0. The van der Waals surface area contributed by atoms with Crippen molar-refractivity contribution >= 4 is 41.8 Å². The minimum atomic E-state index is -4.20. The van der Waals surface area contributed by atoms with Crippen molar-refractivity contribution in [3.8, 4) is 0 Å². The summed E-state index contributed by atoms with van der Waals surface area (Å²) in [7, 11) is -3.70. The van der Waals surface area contributed by atoms with Crippen molar-refractivity contribution in [2.24, 2.45) is 0 Å². The molecule has 0 radical (unpaired) electrons. The molecule has 0 heterocycles. The molecule has 0 saturated heterocycles. The van der Waals surface area contributed by atoms with Crippen molar-refractivity contribution in [1.82, 2.24) is 0 Å². The molecule has 0 aliphatic heterocycles. The van der Waals surface area contributed by atoms with Crippen molar-refractivity contribution in [2.75, 3.05) is 6.66 Å². The monoisotopic (exact) mass is 398 g/mol. The molecule has 0 fully saturated rings. The van der Waals surface area contributed by atoms with Crippen molar-refractivity contribution in [1.29, 1.82) is 0 Å². The summed E-state index contributed by atoms with van der Waals surface area (Å²) in [6.45, 7) is 1.36. The average molecular weight is 398 g/mol. The van der Waals surface area contributed by atoms with Crippen LogP contribution in [0.1, 0.15) is 0 Å². The van der Waals surface area contributed by atoms with Crippen molar-refractivity contribution < 1.29 is 13.2 Å². The van der Waals surface area contributed by atoms with Crippen LogP contribution in [0.25, 0.3) is 0 Å². The van der Waals surface area contributed by atoms with E-state index < -0.39 is 13.2 Å². The smallest absolute Gasteiger partial charge is 0.107 e. The predicted molar refractivity (Wildman–Crippen MR) is 87.9 cm³/mol. The third-order valence-corrected chi connectivity index (χ3v) is 7.38. The topological polar surface area (TPSA) is 0 Å². The summed E-state index contributed by atoms with van der Waals surface area (Å²) in [5, 5.41) is 0.785. The first-order valence-electron chi connectivity index (χ1n) is 5.64. The van der Waals surface area contributed by atoms with E-state index in [9.17, 15) is 13.2 Å². The molecule has 0 atom stereocenters. The molecule has 0 unspecified atom stereocenters. The standard InChI is InChI=1S/C14H14F3P.HI/c1-18(14(15,16)17,12-8-4-2-5-9-12)13-10-6-3-7-11-13;/h2-11,18H,1H3;1H. The van der Waals surface area contributed by atoms with E-state index in [0.29, 0.717) is 10.6 Å². The molecule has 104 valence electrons. The molecule has 0 aliphatic rings. The maximum absolute atomic E-state index is 13.5. The molecule has 0 nitrogen and oxygen atoms in total. The molecule has 0 spiro atoms. The summed E-state index contributed by atoms with van der Waals surface area (Å²) in [5.41, 5.74) is 0. The fourth-order valence-corrected chi connectivity index (χ4v) is 4.74. The zero-order valence-electron chi connectivity index (χ0n) is 10.3. The van der Waals surface area contributed by atoms with Crippen LogP contribution in [0.15, 0.2) is 60.7 Å². The van der Waals surface area contributed by atoms with Crippen molar-refractivity contribution in [3.63, 3.8) is 0 Å². The van der Waals surface area contributed by atoms with Gasteiger partial charge >= 0.3 is 104 Å². The first-order valence-corrected chi connectivity index (χ1v) is 8.14. The van der Waals surface area contributed by atoms with Gasteiger partial charge in [0.05, 0.1) is 0 Å². The second-order valence-corrected chi connectivity index (χ2v) is 8.33. The zero-order chi connectivity index (χ0) is 13.2. The molecular formula is C14H15F3IP. The average Bonchev–Trinajstić information content (AvgIpc) is 2.38. The van der Waals surface area contributed by atoms with Gasteiger partial charge in [0.25, 0.3) is 0 Å². The van der Waals surface area contributed by atoms with E-state index in [0.717, 1.165) is 0 Å². The van der Waals surface area contributed by atoms with Gasteiger partial charge in [-0.25, -0.2) is 0 Å². The van der Waals surface area contributed by atoms with Gasteiger partial charge in [-0.2, -0.15) is 0 Å². The van der Waals surface area contributed by atoms with Gasteiger partial charge in [0.1, 0.15) is 0 Å². The number of halogens is 4. The second-order valence-electron chi connectivity index (χ2n) is 4.35. The molecular weight excluding hydrogens is 383 g/mol. The van der Waals surface area contributed by atoms with Crippen LogP contribution in [-0.2, 0) is 0 Å². The maximum Gasteiger partial charge on any atom is -0.107 e. The Labute approximate surface area is 128 Å². The van der Waals surface area contributed by atoms with Crippen molar-refractivity contribution in [2.45, 2.75) is 5.92 Å². The first-order chi connectivity index (χ1) is 8.46. The molecule has 0 N–H and O–H groups in total. The van der Waals surface area contributed by atoms with Crippen LogP contribution in [0.2, 0.25) is 0 Å². The first kappa shape index (κ1) is 16.4. The van der Waals surface area contributed by atoms with Crippen LogP contribution in [0.5, 0.6) is 0 Å². The molecule has 0 amide bonds. The van der Waals surface area contributed by atoms with E-state index in [2.05, 4.69) is 0 Å². The normalized spacial score (nSPS) is 12.6. The van der Waals surface area contributed by atoms with Crippen LogP contribution >= 0.6 is 31.2 Å². The van der Waals surface area contributed by atoms with E-state index in [4.69, 9.17) is 0 Å². The van der Waals surface area contributed by atoms with E-state index in [1.54, 1.807) is 60.7 Å². The Bertz CT molecular complexity index is 472. The van der Waals surface area contributed by atoms with Crippen molar-refractivity contribution in [3.05, 3.63) is 60.7 Å². The van der Waals surface area contributed by atoms with Gasteiger partial charge in [-0.05, 0) is 0 Å². The van der Waals surface area contributed by atoms with Gasteiger partial charge in [-0.15, -0.1) is 24.0 Å². The summed E-state index contributed by atoms with van der Waals surface area (Å²) in [4.78, 5) is 0. The van der Waals surface area contributed by atoms with Crippen LogP contribution in [0, 0.1) is 0 Å². The molecule has 0 bridgehead atoms. The minimum Gasteiger partial charge on any atom is -0.107 e. The van der Waals surface area contributed by atoms with E-state index in [-0.39, 0.29) is 24.0 Å². The summed E-state index contributed by atoms with van der Waals surface area (Å²) in [5.74, 6) is -4.20. The van der Waals surface area contributed by atoms with Gasteiger partial charge in [0, 0.05) is 0 Å². The Kier molecular flexibility index (Phi) is 5.39. The van der Waals surface area contributed by atoms with Gasteiger partial charge in [0.15, 0.2) is 0 Å². The molecule has 2 aromatic rings. The van der Waals surface area contributed by atoms with Crippen LogP contribution in [-0.4, -0.2) is 12.6 Å². The van der Waals surface area contributed by atoms with Crippen LogP contribution in [0.4, 0.5) is 13.2 Å². The molecule has 0 aliphatic carbocycles. The predicted octanol–water partition coefficient (Wildman–Crippen LogP) is 4.15. The second kappa shape index (κ2) is 6.23. The molecule has 2 aromatic carbocycles. The molecule has 0 aromatic heterocycles. The minimum absolute atomic E-state index is 0. The number of rotatable bonds is 2. The molecule has 19 heavy (non-hydrogen) atoms. The zero-order valence-corrected chi connectivity index (χ0v) is 13.6. The number of benzene rings is 2. The summed E-state index contributed by atoms with van der Waals surface area (Å²) < 4.78 is 40.6. The summed E-state index contributed by atoms with van der Waals surface area (Å²) in [6.07, 6.45) is 0. The molecule has 5 heteroatoms. The van der Waals surface area contributed by atoms with E-state index in [1.165, 1.54) is 6.66 Å². The molecule has 0 saturated carbocycles. The van der Waals surface area contributed by atoms with E-state index in [1.807, 2.05) is 0 Å². The SMILES string of the molecule is C[PH](c1ccccc1)(c1ccccc1)C(F)(F)F.I. The van der Waals surface area contributed by atoms with Crippen LogP contribution in [0.3, 0.4) is 0 Å². The van der Waals surface area contributed by atoms with Gasteiger partial charge in [-0.1, -0.05) is 0 Å². The Morgan fingerprint density at radius 3 is 1.32 bits per heavy atom. The fourth-order valence-electron chi connectivity index (χ4n) is 2.04. The number of hydrogen-bond donors (Lipinski definition) is 0. The molecule has 2 rings (SSSR count). The van der Waals surface area contributed by atoms with Gasteiger partial charge in [0.2, 0.25) is 0 Å². The van der Waals surface area contributed by atoms with Crippen LogP contribution < -0.4 is 10.6 Å². The quantitative estimate of drug-likeness (QED) is 0.527. The maximum atomic E-state index is 13.5. The third-order valence-electron chi connectivity index (χ3n) is 3.27. The summed E-state index contributed by atoms with van der Waals surface area (Å²) >= 11 is 0. The Morgan fingerprint density at radius 1 is 0.737 bits per heavy atom. The van der Waals surface area contributed by atoms with Gasteiger partial charge in [-0.3, -0.25) is 0 Å². The Balaban J connectivity index is 0.00000180. The van der Waals surface area contributed by atoms with Gasteiger partial charge < -0.3 is 0 Å². The number of alkyl halides is 3. The Hall–Kier alpha value is -0.610.